The standard InChI is InChI=1S/C22H24N2O4S.C22H26N2O3S.2ClH/c1-4-27-18-11-8-15(13-20(18)28-5-2)22-24-16(14-29-22)9-10-17(25)21-19(26-3)7-6-12-23-21;1-4-26-20-12-11-16(14-21(20)27-5-2)22-24-17(15-28-22)8-6-9-18-19(25-3)10-7-13-23-18;;/h6-8,11-14H,4-5,9-10H2,1-3H3;7,10-15H,4-6,8-9H2,1-3H3;2*1H. The molecule has 0 saturated heterocycles. The Balaban J connectivity index is 0.000000305. The molecule has 11 nitrogen and oxygen atoms in total. The molecule has 316 valence electrons. The minimum atomic E-state index is -0.0586. The highest BCUT2D eigenvalue weighted by atomic mass is 35.5. The molecule has 6 aromatic rings. The zero-order chi connectivity index (χ0) is 40.4. The van der Waals surface area contributed by atoms with E-state index in [1.54, 1.807) is 54.3 Å². The average molecular weight is 884 g/mol. The van der Waals surface area contributed by atoms with Gasteiger partial charge in [-0.25, -0.2) is 15.0 Å². The lowest BCUT2D eigenvalue weighted by Crippen LogP contribution is -2.06. The molecule has 0 aliphatic rings. The van der Waals surface area contributed by atoms with Crippen LogP contribution in [-0.4, -0.2) is 66.4 Å². The van der Waals surface area contributed by atoms with E-state index in [4.69, 9.17) is 33.4 Å². The van der Waals surface area contributed by atoms with Crippen molar-refractivity contribution >= 4 is 53.3 Å². The topological polar surface area (TPSA) is 124 Å². The number of hydrogen-bond donors (Lipinski definition) is 0. The maximum absolute atomic E-state index is 12.5. The molecule has 15 heteroatoms. The zero-order valence-corrected chi connectivity index (χ0v) is 37.5. The summed E-state index contributed by atoms with van der Waals surface area (Å²) in [5.74, 6) is 4.26. The third-order valence-electron chi connectivity index (χ3n) is 8.46. The largest absolute Gasteiger partial charge is 0.495 e. The summed E-state index contributed by atoms with van der Waals surface area (Å²) < 4.78 is 33.3. The van der Waals surface area contributed by atoms with Crippen LogP contribution in [0.3, 0.4) is 0 Å². The number of methoxy groups -OCH3 is 2. The van der Waals surface area contributed by atoms with E-state index in [9.17, 15) is 4.79 Å². The number of ketones is 1. The molecule has 6 rings (SSSR count). The number of aryl methyl sites for hydroxylation is 3. The molecule has 0 aliphatic heterocycles. The van der Waals surface area contributed by atoms with Crippen molar-refractivity contribution in [1.82, 2.24) is 19.9 Å². The Bertz CT molecular complexity index is 2180. The van der Waals surface area contributed by atoms with E-state index in [1.165, 1.54) is 7.11 Å². The highest BCUT2D eigenvalue weighted by molar-refractivity contribution is 7.13. The van der Waals surface area contributed by atoms with Gasteiger partial charge in [-0.1, -0.05) is 0 Å². The molecule has 0 atom stereocenters. The van der Waals surface area contributed by atoms with Crippen LogP contribution in [0.15, 0.2) is 83.8 Å². The van der Waals surface area contributed by atoms with Crippen LogP contribution in [0.2, 0.25) is 0 Å². The van der Waals surface area contributed by atoms with Gasteiger partial charge in [0.15, 0.2) is 28.8 Å². The summed E-state index contributed by atoms with van der Waals surface area (Å²) in [7, 11) is 3.22. The smallest absolute Gasteiger partial charge is 0.185 e. The van der Waals surface area contributed by atoms with Gasteiger partial charge in [0.1, 0.15) is 27.2 Å². The average Bonchev–Trinajstić information content (AvgIpc) is 3.92. The van der Waals surface area contributed by atoms with E-state index in [1.807, 2.05) is 81.6 Å². The molecule has 0 amide bonds. The predicted molar refractivity (Wildman–Crippen MR) is 241 cm³/mol. The number of Topliss-reactive ketones (excluding diaryl/α,β-unsaturated/α-hetero) is 1. The number of rotatable bonds is 20. The number of nitrogens with zero attached hydrogens (tertiary/aromatic N) is 4. The number of carbonyl (C=O) groups is 1. The summed E-state index contributed by atoms with van der Waals surface area (Å²) in [5, 5.41) is 5.98. The van der Waals surface area contributed by atoms with E-state index in [0.29, 0.717) is 56.5 Å². The molecule has 4 aromatic heterocycles. The summed E-state index contributed by atoms with van der Waals surface area (Å²) in [6.07, 6.45) is 7.03. The summed E-state index contributed by atoms with van der Waals surface area (Å²) in [6, 6.07) is 19.2. The van der Waals surface area contributed by atoms with Gasteiger partial charge in [0.25, 0.3) is 0 Å². The quantitative estimate of drug-likeness (QED) is 0.0681. The van der Waals surface area contributed by atoms with Gasteiger partial charge in [0, 0.05) is 40.7 Å². The van der Waals surface area contributed by atoms with E-state index in [-0.39, 0.29) is 30.6 Å². The highest BCUT2D eigenvalue weighted by Gasteiger charge is 2.16. The molecule has 0 bridgehead atoms. The Morgan fingerprint density at radius 2 is 1.07 bits per heavy atom. The zero-order valence-electron chi connectivity index (χ0n) is 34.2. The molecule has 0 radical (unpaired) electrons. The number of carbonyl (C=O) groups excluding carboxylic acids is 1. The number of aromatic nitrogens is 4. The first kappa shape index (κ1) is 48.4. The van der Waals surface area contributed by atoms with Gasteiger partial charge < -0.3 is 28.4 Å². The van der Waals surface area contributed by atoms with Gasteiger partial charge in [0.2, 0.25) is 0 Å². The van der Waals surface area contributed by atoms with Crippen LogP contribution >= 0.6 is 47.5 Å². The van der Waals surface area contributed by atoms with Crippen molar-refractivity contribution in [3.63, 3.8) is 0 Å². The van der Waals surface area contributed by atoms with Crippen LogP contribution in [0.25, 0.3) is 21.1 Å². The molecule has 0 N–H and O–H groups in total. The molecule has 59 heavy (non-hydrogen) atoms. The van der Waals surface area contributed by atoms with Gasteiger partial charge in [0.05, 0.1) is 57.7 Å². The van der Waals surface area contributed by atoms with Crippen LogP contribution in [0, 0.1) is 0 Å². The van der Waals surface area contributed by atoms with Crippen molar-refractivity contribution in [2.75, 3.05) is 40.6 Å². The third kappa shape index (κ3) is 13.8. The number of benzene rings is 2. The Labute approximate surface area is 367 Å². The second kappa shape index (κ2) is 25.5. The van der Waals surface area contributed by atoms with Crippen molar-refractivity contribution in [2.45, 2.75) is 59.8 Å². The van der Waals surface area contributed by atoms with Crippen LogP contribution in [0.4, 0.5) is 0 Å². The lowest BCUT2D eigenvalue weighted by Gasteiger charge is -2.11. The second-order valence-electron chi connectivity index (χ2n) is 12.3. The number of hydrogen-bond acceptors (Lipinski definition) is 13. The van der Waals surface area contributed by atoms with Crippen molar-refractivity contribution in [3.05, 3.63) is 107 Å². The van der Waals surface area contributed by atoms with Crippen molar-refractivity contribution in [1.29, 1.82) is 0 Å². The van der Waals surface area contributed by atoms with E-state index in [2.05, 4.69) is 20.3 Å². The molecule has 0 saturated carbocycles. The highest BCUT2D eigenvalue weighted by Crippen LogP contribution is 2.36. The van der Waals surface area contributed by atoms with Crippen molar-refractivity contribution < 1.29 is 33.2 Å². The van der Waals surface area contributed by atoms with Gasteiger partial charge in [-0.05, 0) is 114 Å². The Hall–Kier alpha value is -4.95. The molecule has 0 aliphatic carbocycles. The van der Waals surface area contributed by atoms with Crippen LogP contribution in [0.5, 0.6) is 34.5 Å². The molecule has 0 spiro atoms. The molecule has 0 unspecified atom stereocenters. The van der Waals surface area contributed by atoms with Gasteiger partial charge in [-0.3, -0.25) is 9.78 Å². The second-order valence-corrected chi connectivity index (χ2v) is 14.0. The normalized spacial score (nSPS) is 10.3. The van der Waals surface area contributed by atoms with Crippen LogP contribution in [-0.2, 0) is 19.3 Å². The molecule has 4 heterocycles. The minimum Gasteiger partial charge on any atom is -0.495 e. The predicted octanol–water partition coefficient (Wildman–Crippen LogP) is 10.9. The Morgan fingerprint density at radius 3 is 1.59 bits per heavy atom. The Morgan fingerprint density at radius 1 is 0.576 bits per heavy atom. The fourth-order valence-electron chi connectivity index (χ4n) is 5.84. The SMILES string of the molecule is CCOc1ccc(-c2nc(CCC(=O)c3ncccc3OC)cs2)cc1OCC.CCOc1ccc(-c2nc(CCCc3ncccc3OC)cs2)cc1OCC.Cl.Cl. The lowest BCUT2D eigenvalue weighted by molar-refractivity contribution is 0.0974. The lowest BCUT2D eigenvalue weighted by atomic mass is 10.1. The van der Waals surface area contributed by atoms with Crippen LogP contribution in [0.1, 0.15) is 68.1 Å². The van der Waals surface area contributed by atoms with Gasteiger partial charge in [-0.2, -0.15) is 0 Å². The number of ether oxygens (including phenoxy) is 6. The molecular formula is C44H52Cl2N4O7S2. The fourth-order valence-corrected chi connectivity index (χ4v) is 7.54. The maximum Gasteiger partial charge on any atom is 0.185 e. The fraction of sp³-hybridized carbons (Fsp3) is 0.341. The summed E-state index contributed by atoms with van der Waals surface area (Å²) in [5.41, 5.74) is 5.34. The summed E-state index contributed by atoms with van der Waals surface area (Å²) in [6.45, 7) is 10.2. The summed E-state index contributed by atoms with van der Waals surface area (Å²) >= 11 is 3.20. The minimum absolute atomic E-state index is 0. The summed E-state index contributed by atoms with van der Waals surface area (Å²) in [4.78, 5) is 30.5. The van der Waals surface area contributed by atoms with E-state index >= 15 is 0 Å². The number of thiazole rings is 2. The number of halogens is 2. The first-order valence-electron chi connectivity index (χ1n) is 19.1. The van der Waals surface area contributed by atoms with E-state index < -0.39 is 0 Å². The first-order chi connectivity index (χ1) is 27.9. The molecule has 0 fully saturated rings. The third-order valence-corrected chi connectivity index (χ3v) is 10.3. The molecular weight excluding hydrogens is 832 g/mol. The van der Waals surface area contributed by atoms with Gasteiger partial charge in [-0.15, -0.1) is 47.5 Å². The number of pyridine rings is 2. The Kier molecular flexibility index (Phi) is 20.9. The van der Waals surface area contributed by atoms with Crippen LogP contribution < -0.4 is 28.4 Å². The van der Waals surface area contributed by atoms with E-state index in [0.717, 1.165) is 80.5 Å². The monoisotopic (exact) mass is 882 g/mol. The van der Waals surface area contributed by atoms with Crippen molar-refractivity contribution in [2.24, 2.45) is 0 Å². The maximum atomic E-state index is 12.5. The van der Waals surface area contributed by atoms with Crippen molar-refractivity contribution in [3.8, 4) is 55.6 Å². The molecule has 2 aromatic carbocycles. The van der Waals surface area contributed by atoms with Gasteiger partial charge >= 0.3 is 0 Å². The first-order valence-corrected chi connectivity index (χ1v) is 20.9.